The van der Waals surface area contributed by atoms with Crippen LogP contribution < -0.4 is 5.73 Å². The standard InChI is InChI=1S/C12H14BrN3S/c1-6(2)12-15-10(7(3)11(14)16-12)8-4-17-5-9(8)13/h4-6H,1-3H3,(H2,14,15,16). The molecule has 0 amide bonds. The van der Waals surface area contributed by atoms with E-state index < -0.39 is 0 Å². The Morgan fingerprint density at radius 1 is 1.29 bits per heavy atom. The molecular weight excluding hydrogens is 298 g/mol. The highest BCUT2D eigenvalue weighted by Gasteiger charge is 2.15. The summed E-state index contributed by atoms with van der Waals surface area (Å²) in [6.45, 7) is 6.09. The number of anilines is 1. The molecule has 2 aromatic heterocycles. The molecule has 0 aliphatic carbocycles. The van der Waals surface area contributed by atoms with Crippen LogP contribution in [0.2, 0.25) is 0 Å². The quantitative estimate of drug-likeness (QED) is 0.912. The molecule has 2 N–H and O–H groups in total. The van der Waals surface area contributed by atoms with E-state index in [1.165, 1.54) is 0 Å². The number of thiophene rings is 1. The van der Waals surface area contributed by atoms with Gasteiger partial charge >= 0.3 is 0 Å². The second-order valence-electron chi connectivity index (χ2n) is 4.23. The summed E-state index contributed by atoms with van der Waals surface area (Å²) >= 11 is 5.17. The fraction of sp³-hybridized carbons (Fsp3) is 0.333. The molecule has 0 radical (unpaired) electrons. The highest BCUT2D eigenvalue weighted by molar-refractivity contribution is 9.10. The molecule has 2 rings (SSSR count). The number of rotatable bonds is 2. The topological polar surface area (TPSA) is 51.8 Å². The Labute approximate surface area is 113 Å². The lowest BCUT2D eigenvalue weighted by molar-refractivity contribution is 0.776. The van der Waals surface area contributed by atoms with Crippen molar-refractivity contribution in [3.05, 3.63) is 26.6 Å². The van der Waals surface area contributed by atoms with Gasteiger partial charge in [0.1, 0.15) is 11.6 Å². The number of halogens is 1. The molecule has 2 aromatic rings. The Kier molecular flexibility index (Phi) is 3.49. The first kappa shape index (κ1) is 12.5. The molecule has 0 spiro atoms. The Bertz CT molecular complexity index is 549. The molecule has 0 saturated carbocycles. The molecule has 90 valence electrons. The van der Waals surface area contributed by atoms with E-state index in [4.69, 9.17) is 5.73 Å². The number of nitrogens with two attached hydrogens (primary N) is 1. The second kappa shape index (κ2) is 4.74. The predicted octanol–water partition coefficient (Wildman–Crippen LogP) is 3.98. The van der Waals surface area contributed by atoms with Crippen LogP contribution in [0.15, 0.2) is 15.2 Å². The summed E-state index contributed by atoms with van der Waals surface area (Å²) in [6, 6.07) is 0. The lowest BCUT2D eigenvalue weighted by atomic mass is 10.1. The summed E-state index contributed by atoms with van der Waals surface area (Å²) in [5, 5.41) is 4.12. The van der Waals surface area contributed by atoms with Gasteiger partial charge in [0.15, 0.2) is 0 Å². The lowest BCUT2D eigenvalue weighted by Gasteiger charge is -2.11. The molecule has 0 aromatic carbocycles. The van der Waals surface area contributed by atoms with Crippen molar-refractivity contribution < 1.29 is 0 Å². The molecule has 0 unspecified atom stereocenters. The van der Waals surface area contributed by atoms with Gasteiger partial charge in [-0.2, -0.15) is 11.3 Å². The maximum Gasteiger partial charge on any atom is 0.133 e. The number of hydrogen-bond acceptors (Lipinski definition) is 4. The van der Waals surface area contributed by atoms with Gasteiger partial charge in [-0.05, 0) is 22.9 Å². The van der Waals surface area contributed by atoms with Crippen LogP contribution in [0.25, 0.3) is 11.3 Å². The maximum atomic E-state index is 5.95. The SMILES string of the molecule is Cc1c(N)nc(C(C)C)nc1-c1cscc1Br. The third-order valence-electron chi connectivity index (χ3n) is 2.59. The highest BCUT2D eigenvalue weighted by Crippen LogP contribution is 2.34. The van der Waals surface area contributed by atoms with Crippen LogP contribution >= 0.6 is 27.3 Å². The number of aromatic nitrogens is 2. The van der Waals surface area contributed by atoms with Crippen molar-refractivity contribution in [3.8, 4) is 11.3 Å². The summed E-state index contributed by atoms with van der Waals surface area (Å²) in [6.07, 6.45) is 0. The molecule has 2 heterocycles. The lowest BCUT2D eigenvalue weighted by Crippen LogP contribution is -2.06. The summed E-state index contributed by atoms with van der Waals surface area (Å²) in [5.74, 6) is 1.63. The van der Waals surface area contributed by atoms with Crippen molar-refractivity contribution in [2.75, 3.05) is 5.73 Å². The molecule has 0 fully saturated rings. The van der Waals surface area contributed by atoms with E-state index in [1.54, 1.807) is 11.3 Å². The largest absolute Gasteiger partial charge is 0.383 e. The Morgan fingerprint density at radius 2 is 2.00 bits per heavy atom. The maximum absolute atomic E-state index is 5.95. The summed E-state index contributed by atoms with van der Waals surface area (Å²) in [7, 11) is 0. The van der Waals surface area contributed by atoms with Crippen LogP contribution in [0.3, 0.4) is 0 Å². The fourth-order valence-electron chi connectivity index (χ4n) is 1.52. The molecule has 0 saturated heterocycles. The van der Waals surface area contributed by atoms with Gasteiger partial charge in [-0.3, -0.25) is 0 Å². The van der Waals surface area contributed by atoms with E-state index in [0.29, 0.717) is 5.82 Å². The van der Waals surface area contributed by atoms with Crippen LogP contribution in [-0.4, -0.2) is 9.97 Å². The molecule has 0 aliphatic rings. The molecule has 0 atom stereocenters. The number of hydrogen-bond donors (Lipinski definition) is 1. The van der Waals surface area contributed by atoms with Gasteiger partial charge in [0.25, 0.3) is 0 Å². The van der Waals surface area contributed by atoms with E-state index in [0.717, 1.165) is 27.1 Å². The van der Waals surface area contributed by atoms with Crippen molar-refractivity contribution in [1.82, 2.24) is 9.97 Å². The minimum absolute atomic E-state index is 0.272. The third-order valence-corrected chi connectivity index (χ3v) is 4.29. The van der Waals surface area contributed by atoms with Gasteiger partial charge < -0.3 is 5.73 Å². The van der Waals surface area contributed by atoms with E-state index in [2.05, 4.69) is 45.1 Å². The molecule has 3 nitrogen and oxygen atoms in total. The van der Waals surface area contributed by atoms with Crippen LogP contribution in [0.5, 0.6) is 0 Å². The van der Waals surface area contributed by atoms with E-state index in [-0.39, 0.29) is 5.92 Å². The first-order chi connectivity index (χ1) is 8.00. The van der Waals surface area contributed by atoms with Crippen LogP contribution in [-0.2, 0) is 0 Å². The first-order valence-electron chi connectivity index (χ1n) is 5.36. The zero-order valence-corrected chi connectivity index (χ0v) is 12.4. The minimum atomic E-state index is 0.272. The summed E-state index contributed by atoms with van der Waals surface area (Å²) in [5.41, 5.74) is 8.90. The Hall–Kier alpha value is -0.940. The summed E-state index contributed by atoms with van der Waals surface area (Å²) < 4.78 is 1.05. The molecule has 5 heteroatoms. The fourth-order valence-corrected chi connectivity index (χ4v) is 2.99. The monoisotopic (exact) mass is 311 g/mol. The van der Waals surface area contributed by atoms with Gasteiger partial charge in [0.2, 0.25) is 0 Å². The van der Waals surface area contributed by atoms with Gasteiger partial charge in [0.05, 0.1) is 5.69 Å². The van der Waals surface area contributed by atoms with Crippen LogP contribution in [0.4, 0.5) is 5.82 Å². The average molecular weight is 312 g/mol. The Morgan fingerprint density at radius 3 is 2.53 bits per heavy atom. The van der Waals surface area contributed by atoms with Gasteiger partial charge in [-0.1, -0.05) is 13.8 Å². The zero-order valence-electron chi connectivity index (χ0n) is 9.99. The molecular formula is C12H14BrN3S. The van der Waals surface area contributed by atoms with Crippen molar-refractivity contribution in [2.45, 2.75) is 26.7 Å². The first-order valence-corrected chi connectivity index (χ1v) is 7.10. The van der Waals surface area contributed by atoms with Gasteiger partial charge in [-0.15, -0.1) is 0 Å². The van der Waals surface area contributed by atoms with Gasteiger partial charge in [-0.25, -0.2) is 9.97 Å². The highest BCUT2D eigenvalue weighted by atomic mass is 79.9. The third kappa shape index (κ3) is 2.35. The van der Waals surface area contributed by atoms with E-state index in [9.17, 15) is 0 Å². The second-order valence-corrected chi connectivity index (χ2v) is 5.83. The van der Waals surface area contributed by atoms with Gasteiger partial charge in [0, 0.05) is 32.3 Å². The normalized spacial score (nSPS) is 11.1. The van der Waals surface area contributed by atoms with E-state index in [1.807, 2.05) is 12.3 Å². The predicted molar refractivity (Wildman–Crippen MR) is 76.3 cm³/mol. The molecule has 17 heavy (non-hydrogen) atoms. The average Bonchev–Trinajstić information content (AvgIpc) is 2.68. The minimum Gasteiger partial charge on any atom is -0.383 e. The van der Waals surface area contributed by atoms with Crippen LogP contribution in [0.1, 0.15) is 31.2 Å². The van der Waals surface area contributed by atoms with Crippen molar-refractivity contribution in [3.63, 3.8) is 0 Å². The zero-order chi connectivity index (χ0) is 12.6. The molecule has 0 aliphatic heterocycles. The number of nitrogen functional groups attached to an aromatic ring is 1. The molecule has 0 bridgehead atoms. The van der Waals surface area contributed by atoms with Crippen molar-refractivity contribution >= 4 is 33.1 Å². The van der Waals surface area contributed by atoms with Crippen molar-refractivity contribution in [2.24, 2.45) is 0 Å². The van der Waals surface area contributed by atoms with Crippen LogP contribution in [0, 0.1) is 6.92 Å². The van der Waals surface area contributed by atoms with E-state index >= 15 is 0 Å². The smallest absolute Gasteiger partial charge is 0.133 e. The number of nitrogens with zero attached hydrogens (tertiary/aromatic N) is 2. The van der Waals surface area contributed by atoms with Crippen molar-refractivity contribution in [1.29, 1.82) is 0 Å². The Balaban J connectivity index is 2.65. The summed E-state index contributed by atoms with van der Waals surface area (Å²) in [4.78, 5) is 8.95.